The number of aliphatic hydroxyl groups is 1. The van der Waals surface area contributed by atoms with Gasteiger partial charge < -0.3 is 15.3 Å². The maximum Gasteiger partial charge on any atom is 0.115 e. The van der Waals surface area contributed by atoms with E-state index in [9.17, 15) is 15.3 Å². The van der Waals surface area contributed by atoms with Crippen molar-refractivity contribution in [1.29, 1.82) is 0 Å². The predicted molar refractivity (Wildman–Crippen MR) is 82.2 cm³/mol. The highest BCUT2D eigenvalue weighted by Gasteiger charge is 2.18. The zero-order valence-electron chi connectivity index (χ0n) is 12.2. The summed E-state index contributed by atoms with van der Waals surface area (Å²) in [6.07, 6.45) is -0.710. The molecule has 0 aliphatic heterocycles. The van der Waals surface area contributed by atoms with Crippen LogP contribution in [0.5, 0.6) is 11.5 Å². The van der Waals surface area contributed by atoms with Crippen molar-refractivity contribution in [3.8, 4) is 11.5 Å². The van der Waals surface area contributed by atoms with Gasteiger partial charge in [0.25, 0.3) is 0 Å². The molecule has 0 heterocycles. The Labute approximate surface area is 124 Å². The average molecular weight is 287 g/mol. The van der Waals surface area contributed by atoms with Crippen LogP contribution in [0, 0.1) is 0 Å². The molecule has 0 amide bonds. The highest BCUT2D eigenvalue weighted by Crippen LogP contribution is 2.23. The number of rotatable bonds is 5. The lowest BCUT2D eigenvalue weighted by Gasteiger charge is -2.25. The van der Waals surface area contributed by atoms with Crippen LogP contribution in [0.15, 0.2) is 48.5 Å². The van der Waals surface area contributed by atoms with Crippen LogP contribution < -0.4 is 5.32 Å². The van der Waals surface area contributed by atoms with E-state index in [1.807, 2.05) is 26.0 Å². The van der Waals surface area contributed by atoms with Gasteiger partial charge in [-0.1, -0.05) is 31.2 Å². The molecule has 0 bridgehead atoms. The second-order valence-corrected chi connectivity index (χ2v) is 5.30. The van der Waals surface area contributed by atoms with Gasteiger partial charge in [-0.2, -0.15) is 0 Å². The summed E-state index contributed by atoms with van der Waals surface area (Å²) in [6, 6.07) is 13.7. The van der Waals surface area contributed by atoms with Crippen LogP contribution in [-0.2, 0) is 0 Å². The van der Waals surface area contributed by atoms with E-state index in [1.165, 1.54) is 0 Å². The highest BCUT2D eigenvalue weighted by molar-refractivity contribution is 5.29. The van der Waals surface area contributed by atoms with Crippen LogP contribution >= 0.6 is 0 Å². The van der Waals surface area contributed by atoms with Gasteiger partial charge in [0.1, 0.15) is 17.7 Å². The molecule has 2 rings (SSSR count). The maximum absolute atomic E-state index is 10.3. The van der Waals surface area contributed by atoms with E-state index in [0.717, 1.165) is 11.1 Å². The van der Waals surface area contributed by atoms with Gasteiger partial charge in [-0.3, -0.25) is 5.32 Å². The van der Waals surface area contributed by atoms with E-state index in [0.29, 0.717) is 0 Å². The smallest absolute Gasteiger partial charge is 0.115 e. The van der Waals surface area contributed by atoms with Crippen molar-refractivity contribution in [3.05, 3.63) is 59.7 Å². The number of aromatic hydroxyl groups is 2. The van der Waals surface area contributed by atoms with Crippen molar-refractivity contribution in [2.75, 3.05) is 0 Å². The monoisotopic (exact) mass is 287 g/mol. The first-order valence-electron chi connectivity index (χ1n) is 6.99. The Balaban J connectivity index is 2.01. The predicted octanol–water partition coefficient (Wildman–Crippen LogP) is 2.87. The second kappa shape index (κ2) is 6.61. The fourth-order valence-electron chi connectivity index (χ4n) is 2.22. The summed E-state index contributed by atoms with van der Waals surface area (Å²) in [4.78, 5) is 0. The van der Waals surface area contributed by atoms with Crippen molar-refractivity contribution in [1.82, 2.24) is 5.32 Å². The number of hydrogen-bond donors (Lipinski definition) is 4. The third-order valence-corrected chi connectivity index (χ3v) is 3.71. The van der Waals surface area contributed by atoms with Gasteiger partial charge in [-0.25, -0.2) is 0 Å². The molecular formula is C17H21NO3. The van der Waals surface area contributed by atoms with Crippen LogP contribution in [0.3, 0.4) is 0 Å². The molecule has 0 saturated heterocycles. The molecule has 0 radical (unpaired) electrons. The summed E-state index contributed by atoms with van der Waals surface area (Å²) < 4.78 is 0. The van der Waals surface area contributed by atoms with Gasteiger partial charge in [-0.15, -0.1) is 0 Å². The number of phenols is 2. The Morgan fingerprint density at radius 2 is 1.19 bits per heavy atom. The molecule has 112 valence electrons. The summed E-state index contributed by atoms with van der Waals surface area (Å²) in [5.41, 5.74) is 1.94. The molecular weight excluding hydrogens is 266 g/mol. The molecule has 21 heavy (non-hydrogen) atoms. The summed E-state index contributed by atoms with van der Waals surface area (Å²) in [7, 11) is 0. The lowest BCUT2D eigenvalue weighted by atomic mass is 9.98. The molecule has 0 spiro atoms. The SMILES string of the molecule is CC(NC(O)C(C)c1ccc(O)cc1)c1ccc(O)cc1. The summed E-state index contributed by atoms with van der Waals surface area (Å²) >= 11 is 0. The van der Waals surface area contributed by atoms with Crippen molar-refractivity contribution in [2.24, 2.45) is 0 Å². The van der Waals surface area contributed by atoms with Crippen molar-refractivity contribution in [3.63, 3.8) is 0 Å². The van der Waals surface area contributed by atoms with Crippen molar-refractivity contribution in [2.45, 2.75) is 32.0 Å². The number of aliphatic hydroxyl groups excluding tert-OH is 1. The van der Waals surface area contributed by atoms with E-state index in [-0.39, 0.29) is 23.5 Å². The van der Waals surface area contributed by atoms with Gasteiger partial charge in [0, 0.05) is 12.0 Å². The molecule has 3 unspecified atom stereocenters. The normalized spacial score (nSPS) is 15.4. The zero-order valence-corrected chi connectivity index (χ0v) is 12.2. The summed E-state index contributed by atoms with van der Waals surface area (Å²) in [5.74, 6) is 0.333. The molecule has 4 N–H and O–H groups in total. The third-order valence-electron chi connectivity index (χ3n) is 3.71. The Morgan fingerprint density at radius 1 is 0.762 bits per heavy atom. The summed E-state index contributed by atoms with van der Waals surface area (Å²) in [6.45, 7) is 3.88. The first-order valence-corrected chi connectivity index (χ1v) is 6.99. The lowest BCUT2D eigenvalue weighted by Crippen LogP contribution is -2.35. The van der Waals surface area contributed by atoms with Crippen LogP contribution in [0.25, 0.3) is 0 Å². The van der Waals surface area contributed by atoms with Crippen molar-refractivity contribution < 1.29 is 15.3 Å². The van der Waals surface area contributed by atoms with Crippen LogP contribution in [0.2, 0.25) is 0 Å². The van der Waals surface area contributed by atoms with E-state index >= 15 is 0 Å². The fraction of sp³-hybridized carbons (Fsp3) is 0.294. The van der Waals surface area contributed by atoms with Crippen LogP contribution in [-0.4, -0.2) is 21.5 Å². The summed E-state index contributed by atoms with van der Waals surface area (Å²) in [5, 5.41) is 32.0. The number of phenolic OH excluding ortho intramolecular Hbond substituents is 2. The average Bonchev–Trinajstić information content (AvgIpc) is 2.47. The standard InChI is InChI=1S/C17H21NO3/c1-11(13-3-7-15(19)8-4-13)17(21)18-12(2)14-5-9-16(20)10-6-14/h3-12,17-21H,1-2H3. The molecule has 0 fully saturated rings. The largest absolute Gasteiger partial charge is 0.508 e. The number of benzene rings is 2. The van der Waals surface area contributed by atoms with Gasteiger partial charge in [0.2, 0.25) is 0 Å². The molecule has 3 atom stereocenters. The molecule has 0 saturated carbocycles. The topological polar surface area (TPSA) is 72.7 Å². The first kappa shape index (κ1) is 15.4. The number of hydrogen-bond acceptors (Lipinski definition) is 4. The van der Waals surface area contributed by atoms with Gasteiger partial charge in [-0.05, 0) is 42.3 Å². The highest BCUT2D eigenvalue weighted by atomic mass is 16.3. The van der Waals surface area contributed by atoms with E-state index < -0.39 is 6.23 Å². The van der Waals surface area contributed by atoms with Crippen molar-refractivity contribution >= 4 is 0 Å². The van der Waals surface area contributed by atoms with Gasteiger partial charge in [0.05, 0.1) is 0 Å². The lowest BCUT2D eigenvalue weighted by molar-refractivity contribution is 0.101. The Morgan fingerprint density at radius 3 is 1.67 bits per heavy atom. The van der Waals surface area contributed by atoms with Gasteiger partial charge >= 0.3 is 0 Å². The zero-order chi connectivity index (χ0) is 15.4. The molecule has 0 aromatic heterocycles. The molecule has 0 aliphatic carbocycles. The quantitative estimate of drug-likeness (QED) is 0.638. The minimum Gasteiger partial charge on any atom is -0.508 e. The van der Waals surface area contributed by atoms with Gasteiger partial charge in [0.15, 0.2) is 0 Å². The maximum atomic E-state index is 10.3. The Kier molecular flexibility index (Phi) is 4.83. The minimum absolute atomic E-state index is 0.0415. The van der Waals surface area contributed by atoms with E-state index in [2.05, 4.69) is 5.32 Å². The molecule has 2 aromatic rings. The Hall–Kier alpha value is -2.04. The van der Waals surface area contributed by atoms with E-state index in [1.54, 1.807) is 36.4 Å². The molecule has 0 aliphatic rings. The molecule has 4 nitrogen and oxygen atoms in total. The first-order chi connectivity index (χ1) is 9.97. The second-order valence-electron chi connectivity index (χ2n) is 5.30. The number of nitrogens with one attached hydrogen (secondary N) is 1. The third kappa shape index (κ3) is 3.97. The van der Waals surface area contributed by atoms with E-state index in [4.69, 9.17) is 0 Å². The van der Waals surface area contributed by atoms with Crippen LogP contribution in [0.1, 0.15) is 36.9 Å². The fourth-order valence-corrected chi connectivity index (χ4v) is 2.22. The minimum atomic E-state index is -0.710. The molecule has 2 aromatic carbocycles. The molecule has 4 heteroatoms. The Bertz CT molecular complexity index is 566. The van der Waals surface area contributed by atoms with Crippen LogP contribution in [0.4, 0.5) is 0 Å².